The van der Waals surface area contributed by atoms with Crippen LogP contribution >= 0.6 is 0 Å². The topological polar surface area (TPSA) is 25.8 Å². The van der Waals surface area contributed by atoms with Crippen LogP contribution < -0.4 is 0 Å². The molecule has 1 aliphatic rings. The van der Waals surface area contributed by atoms with Gasteiger partial charge < -0.3 is 0 Å². The highest BCUT2D eigenvalue weighted by Crippen LogP contribution is 2.49. The van der Waals surface area contributed by atoms with Gasteiger partial charge in [-0.2, -0.15) is 0 Å². The summed E-state index contributed by atoms with van der Waals surface area (Å²) in [5, 5.41) is 4.67. The molecule has 8 aromatic rings. The van der Waals surface area contributed by atoms with E-state index >= 15 is 0 Å². The number of fused-ring (bicyclic) bond motifs is 9. The average molecular weight is 575 g/mol. The summed E-state index contributed by atoms with van der Waals surface area (Å²) in [6, 6.07) is 48.9. The minimum Gasteiger partial charge on any atom is -0.252 e. The molecule has 45 heavy (non-hydrogen) atoms. The Hall–Kier alpha value is -5.60. The van der Waals surface area contributed by atoms with Gasteiger partial charge >= 0.3 is 0 Å². The summed E-state index contributed by atoms with van der Waals surface area (Å²) < 4.78 is 0. The monoisotopic (exact) mass is 574 g/mol. The van der Waals surface area contributed by atoms with Gasteiger partial charge in [0.1, 0.15) is 0 Å². The second-order valence-electron chi connectivity index (χ2n) is 12.7. The van der Waals surface area contributed by atoms with Crippen molar-refractivity contribution in [1.29, 1.82) is 0 Å². The van der Waals surface area contributed by atoms with Gasteiger partial charge in [0.05, 0.1) is 11.0 Å². The molecular formula is C43H30N2. The molecule has 0 spiro atoms. The summed E-state index contributed by atoms with van der Waals surface area (Å²) in [6.45, 7) is 4.68. The lowest BCUT2D eigenvalue weighted by Gasteiger charge is -2.22. The first-order chi connectivity index (χ1) is 22.1. The van der Waals surface area contributed by atoms with E-state index in [1.165, 1.54) is 66.4 Å². The van der Waals surface area contributed by atoms with Crippen molar-refractivity contribution in [2.75, 3.05) is 0 Å². The summed E-state index contributed by atoms with van der Waals surface area (Å²) in [6.07, 6.45) is 3.57. The minimum absolute atomic E-state index is 0.0169. The van der Waals surface area contributed by atoms with E-state index in [2.05, 4.69) is 147 Å². The highest BCUT2D eigenvalue weighted by molar-refractivity contribution is 6.23. The van der Waals surface area contributed by atoms with Crippen LogP contribution in [0, 0.1) is 0 Å². The summed E-state index contributed by atoms with van der Waals surface area (Å²) in [7, 11) is 0. The molecule has 1 aromatic heterocycles. The molecule has 0 saturated heterocycles. The maximum absolute atomic E-state index is 4.78. The second kappa shape index (κ2) is 9.70. The zero-order chi connectivity index (χ0) is 30.1. The standard InChI is InChI=1S/C43H30N2/c1-43(2)39-16-6-5-14-35(39)36-20-18-32(26-40(36)43)30-12-8-10-28(24-30)27-9-7-11-29(23-27)31-17-19-34-33-13-3-4-15-37(33)41-42(38(34)25-31)45-22-21-44-41/h3-26H,1-2H3. The fourth-order valence-corrected chi connectivity index (χ4v) is 7.45. The van der Waals surface area contributed by atoms with Crippen LogP contribution in [-0.2, 0) is 5.41 Å². The number of aromatic nitrogens is 2. The molecule has 0 unspecified atom stereocenters. The van der Waals surface area contributed by atoms with Crippen LogP contribution in [0.3, 0.4) is 0 Å². The van der Waals surface area contributed by atoms with Crippen LogP contribution in [0.25, 0.3) is 77.1 Å². The Labute approximate surface area is 262 Å². The number of hydrogen-bond donors (Lipinski definition) is 0. The maximum Gasteiger partial charge on any atom is 0.0971 e. The van der Waals surface area contributed by atoms with Crippen molar-refractivity contribution in [2.24, 2.45) is 0 Å². The lowest BCUT2D eigenvalue weighted by atomic mass is 9.81. The van der Waals surface area contributed by atoms with Crippen LogP contribution in [0.1, 0.15) is 25.0 Å². The molecule has 0 amide bonds. The molecule has 0 radical (unpaired) electrons. The maximum atomic E-state index is 4.78. The Morgan fingerprint density at radius 1 is 0.378 bits per heavy atom. The third-order valence-corrected chi connectivity index (χ3v) is 9.75. The molecule has 0 bridgehead atoms. The molecule has 0 N–H and O–H groups in total. The molecule has 1 aliphatic carbocycles. The average Bonchev–Trinajstić information content (AvgIpc) is 3.34. The van der Waals surface area contributed by atoms with Crippen molar-refractivity contribution >= 4 is 32.6 Å². The predicted octanol–water partition coefficient (Wildman–Crippen LogP) is 11.2. The van der Waals surface area contributed by atoms with Crippen LogP contribution in [0.15, 0.2) is 146 Å². The Bertz CT molecular complexity index is 2430. The molecular weight excluding hydrogens is 544 g/mol. The molecule has 7 aromatic carbocycles. The van der Waals surface area contributed by atoms with E-state index in [1.807, 2.05) is 0 Å². The van der Waals surface area contributed by atoms with Gasteiger partial charge in [0, 0.05) is 28.6 Å². The van der Waals surface area contributed by atoms with Gasteiger partial charge in [0.2, 0.25) is 0 Å². The molecule has 0 atom stereocenters. The van der Waals surface area contributed by atoms with E-state index in [1.54, 1.807) is 12.4 Å². The third-order valence-electron chi connectivity index (χ3n) is 9.75. The highest BCUT2D eigenvalue weighted by Gasteiger charge is 2.35. The smallest absolute Gasteiger partial charge is 0.0971 e. The van der Waals surface area contributed by atoms with Gasteiger partial charge in [-0.25, -0.2) is 0 Å². The Morgan fingerprint density at radius 3 is 1.60 bits per heavy atom. The summed E-state index contributed by atoms with van der Waals surface area (Å²) in [4.78, 5) is 9.50. The van der Waals surface area contributed by atoms with Crippen molar-refractivity contribution in [2.45, 2.75) is 19.3 Å². The van der Waals surface area contributed by atoms with Gasteiger partial charge in [-0.1, -0.05) is 123 Å². The van der Waals surface area contributed by atoms with Gasteiger partial charge in [-0.3, -0.25) is 9.97 Å². The van der Waals surface area contributed by atoms with Crippen molar-refractivity contribution in [3.8, 4) is 44.5 Å². The summed E-state index contributed by atoms with van der Waals surface area (Å²) >= 11 is 0. The zero-order valence-electron chi connectivity index (χ0n) is 25.3. The van der Waals surface area contributed by atoms with Gasteiger partial charge in [0.25, 0.3) is 0 Å². The number of hydrogen-bond acceptors (Lipinski definition) is 2. The SMILES string of the molecule is CC1(C)c2ccccc2-c2ccc(-c3cccc(-c4cccc(-c5ccc6c7ccccc7c7nccnc7c6c5)c4)c3)cc21. The Balaban J connectivity index is 1.12. The number of benzene rings is 7. The first-order valence-corrected chi connectivity index (χ1v) is 15.6. The van der Waals surface area contributed by atoms with Crippen molar-refractivity contribution in [1.82, 2.24) is 9.97 Å². The fraction of sp³-hybridized carbons (Fsp3) is 0.0698. The van der Waals surface area contributed by atoms with Gasteiger partial charge in [-0.05, 0) is 90.7 Å². The summed E-state index contributed by atoms with van der Waals surface area (Å²) in [5.74, 6) is 0. The molecule has 2 nitrogen and oxygen atoms in total. The van der Waals surface area contributed by atoms with E-state index < -0.39 is 0 Å². The zero-order valence-corrected chi connectivity index (χ0v) is 25.3. The molecule has 0 fully saturated rings. The molecule has 1 heterocycles. The quantitative estimate of drug-likeness (QED) is 0.196. The molecule has 0 saturated carbocycles. The van der Waals surface area contributed by atoms with Gasteiger partial charge in [0.15, 0.2) is 0 Å². The number of rotatable bonds is 3. The number of nitrogens with zero attached hydrogens (tertiary/aromatic N) is 2. The molecule has 2 heteroatoms. The van der Waals surface area contributed by atoms with Gasteiger partial charge in [-0.15, -0.1) is 0 Å². The lowest BCUT2D eigenvalue weighted by Crippen LogP contribution is -2.14. The Morgan fingerprint density at radius 2 is 0.889 bits per heavy atom. The van der Waals surface area contributed by atoms with Crippen molar-refractivity contribution in [3.63, 3.8) is 0 Å². The highest BCUT2D eigenvalue weighted by atomic mass is 14.8. The van der Waals surface area contributed by atoms with E-state index in [0.29, 0.717) is 0 Å². The van der Waals surface area contributed by atoms with Crippen molar-refractivity contribution in [3.05, 3.63) is 157 Å². The molecule has 9 rings (SSSR count). The van der Waals surface area contributed by atoms with Crippen LogP contribution in [0.4, 0.5) is 0 Å². The second-order valence-corrected chi connectivity index (χ2v) is 12.7. The van der Waals surface area contributed by atoms with Crippen LogP contribution in [0.5, 0.6) is 0 Å². The van der Waals surface area contributed by atoms with Crippen LogP contribution in [0.2, 0.25) is 0 Å². The van der Waals surface area contributed by atoms with E-state index in [4.69, 9.17) is 9.97 Å². The van der Waals surface area contributed by atoms with E-state index in [9.17, 15) is 0 Å². The summed E-state index contributed by atoms with van der Waals surface area (Å²) in [5.41, 5.74) is 14.6. The fourth-order valence-electron chi connectivity index (χ4n) is 7.45. The van der Waals surface area contributed by atoms with Crippen LogP contribution in [-0.4, -0.2) is 9.97 Å². The minimum atomic E-state index is -0.0169. The first kappa shape index (κ1) is 25.9. The third kappa shape index (κ3) is 3.96. The first-order valence-electron chi connectivity index (χ1n) is 15.6. The van der Waals surface area contributed by atoms with E-state index in [0.717, 1.165) is 21.8 Å². The predicted molar refractivity (Wildman–Crippen MR) is 188 cm³/mol. The lowest BCUT2D eigenvalue weighted by molar-refractivity contribution is 0.660. The molecule has 0 aliphatic heterocycles. The van der Waals surface area contributed by atoms with E-state index in [-0.39, 0.29) is 5.41 Å². The molecule has 212 valence electrons. The van der Waals surface area contributed by atoms with Crippen molar-refractivity contribution < 1.29 is 0 Å². The Kier molecular flexibility index (Phi) is 5.58. The largest absolute Gasteiger partial charge is 0.252 e. The normalized spacial score (nSPS) is 13.3.